The minimum atomic E-state index is -0.596. The van der Waals surface area contributed by atoms with E-state index in [4.69, 9.17) is 4.74 Å². The van der Waals surface area contributed by atoms with Gasteiger partial charge in [0.05, 0.1) is 0 Å². The molecule has 0 unspecified atom stereocenters. The summed E-state index contributed by atoms with van der Waals surface area (Å²) in [5.74, 6) is -1.02. The average Bonchev–Trinajstić information content (AvgIpc) is 2.49. The highest BCUT2D eigenvalue weighted by Gasteiger charge is 2.14. The number of ether oxygens (including phenoxy) is 1. The fraction of sp³-hybridized carbons (Fsp3) is 0.467. The van der Waals surface area contributed by atoms with Crippen LogP contribution in [0.3, 0.4) is 0 Å². The summed E-state index contributed by atoms with van der Waals surface area (Å²) in [6.07, 6.45) is 0.690. The van der Waals surface area contributed by atoms with Crippen molar-refractivity contribution in [3.63, 3.8) is 0 Å². The number of nitrogens with one attached hydrogen (secondary N) is 2. The van der Waals surface area contributed by atoms with Crippen molar-refractivity contribution in [1.29, 1.82) is 0 Å². The molecule has 0 radical (unpaired) electrons. The quantitative estimate of drug-likeness (QED) is 0.579. The molecule has 0 saturated heterocycles. The van der Waals surface area contributed by atoms with Gasteiger partial charge in [-0.2, -0.15) is 0 Å². The van der Waals surface area contributed by atoms with Crippen molar-refractivity contribution in [3.8, 4) is 0 Å². The summed E-state index contributed by atoms with van der Waals surface area (Å²) in [5, 5.41) is 5.19. The van der Waals surface area contributed by atoms with Crippen LogP contribution in [-0.2, 0) is 14.3 Å². The molecule has 0 aliphatic carbocycles. The second-order valence-electron chi connectivity index (χ2n) is 4.62. The maximum Gasteiger partial charge on any atom is 0.309 e. The second kappa shape index (κ2) is 9.09. The number of hydrogen-bond donors (Lipinski definition) is 2. The minimum absolute atomic E-state index is 0.168. The number of methoxy groups -OCH3 is 1. The number of amides is 2. The van der Waals surface area contributed by atoms with Gasteiger partial charge in [-0.1, -0.05) is 37.3 Å². The molecule has 1 aromatic rings. The molecule has 0 saturated carbocycles. The van der Waals surface area contributed by atoms with Crippen molar-refractivity contribution < 1.29 is 14.3 Å². The van der Waals surface area contributed by atoms with Crippen molar-refractivity contribution >= 4 is 11.8 Å². The molecule has 1 atom stereocenters. The second-order valence-corrected chi connectivity index (χ2v) is 4.62. The summed E-state index contributed by atoms with van der Waals surface area (Å²) in [7, 11) is 1.60. The van der Waals surface area contributed by atoms with Gasteiger partial charge in [0, 0.05) is 26.8 Å². The fourth-order valence-corrected chi connectivity index (χ4v) is 1.72. The molecule has 1 aromatic carbocycles. The first kappa shape index (κ1) is 16.2. The van der Waals surface area contributed by atoms with Gasteiger partial charge in [-0.3, -0.25) is 9.59 Å². The number of benzene rings is 1. The van der Waals surface area contributed by atoms with Crippen LogP contribution in [0.5, 0.6) is 0 Å². The smallest absolute Gasteiger partial charge is 0.309 e. The maximum atomic E-state index is 11.6. The summed E-state index contributed by atoms with van der Waals surface area (Å²) in [6.45, 7) is 3.45. The van der Waals surface area contributed by atoms with Crippen molar-refractivity contribution in [1.82, 2.24) is 10.6 Å². The highest BCUT2D eigenvalue weighted by atomic mass is 16.5. The molecule has 1 rings (SSSR count). The first-order valence-corrected chi connectivity index (χ1v) is 6.75. The highest BCUT2D eigenvalue weighted by molar-refractivity contribution is 6.35. The molecule has 110 valence electrons. The number of carbonyl (C=O) groups excluding carboxylic acids is 2. The fourth-order valence-electron chi connectivity index (χ4n) is 1.72. The zero-order valence-corrected chi connectivity index (χ0v) is 12.0. The molecule has 5 nitrogen and oxygen atoms in total. The Kier molecular flexibility index (Phi) is 7.35. The number of hydrogen-bond acceptors (Lipinski definition) is 3. The van der Waals surface area contributed by atoms with Crippen molar-refractivity contribution in [2.45, 2.75) is 19.3 Å². The molecule has 2 amide bonds. The van der Waals surface area contributed by atoms with Crippen molar-refractivity contribution in [3.05, 3.63) is 35.9 Å². The molecule has 0 aliphatic rings. The molecule has 5 heteroatoms. The van der Waals surface area contributed by atoms with E-state index in [2.05, 4.69) is 10.6 Å². The lowest BCUT2D eigenvalue weighted by molar-refractivity contribution is -0.139. The third-order valence-electron chi connectivity index (χ3n) is 2.95. The predicted molar refractivity (Wildman–Crippen MR) is 77.4 cm³/mol. The Morgan fingerprint density at radius 2 is 1.80 bits per heavy atom. The van der Waals surface area contributed by atoms with Gasteiger partial charge in [0.15, 0.2) is 0 Å². The maximum absolute atomic E-state index is 11.6. The van der Waals surface area contributed by atoms with E-state index in [-0.39, 0.29) is 5.92 Å². The first-order chi connectivity index (χ1) is 9.65. The lowest BCUT2D eigenvalue weighted by Crippen LogP contribution is -2.41. The van der Waals surface area contributed by atoms with Gasteiger partial charge in [0.25, 0.3) is 0 Å². The summed E-state index contributed by atoms with van der Waals surface area (Å²) in [4.78, 5) is 23.1. The van der Waals surface area contributed by atoms with E-state index in [1.165, 1.54) is 0 Å². The van der Waals surface area contributed by atoms with E-state index >= 15 is 0 Å². The largest absolute Gasteiger partial charge is 0.385 e. The van der Waals surface area contributed by atoms with Crippen LogP contribution in [0, 0.1) is 0 Å². The van der Waals surface area contributed by atoms with E-state index < -0.39 is 11.8 Å². The Labute approximate surface area is 119 Å². The van der Waals surface area contributed by atoms with Gasteiger partial charge in [-0.15, -0.1) is 0 Å². The number of rotatable bonds is 7. The molecule has 0 fully saturated rings. The van der Waals surface area contributed by atoms with Crippen LogP contribution in [0.25, 0.3) is 0 Å². The van der Waals surface area contributed by atoms with Crippen LogP contribution in [0.2, 0.25) is 0 Å². The Balaban J connectivity index is 2.27. The van der Waals surface area contributed by atoms with Gasteiger partial charge >= 0.3 is 11.8 Å². The topological polar surface area (TPSA) is 67.4 Å². The summed E-state index contributed by atoms with van der Waals surface area (Å²) in [5.41, 5.74) is 1.13. The summed E-state index contributed by atoms with van der Waals surface area (Å²) in [6, 6.07) is 9.86. The molecule has 20 heavy (non-hydrogen) atoms. The molecule has 0 heterocycles. The van der Waals surface area contributed by atoms with Crippen LogP contribution in [0.4, 0.5) is 0 Å². The standard InChI is InChI=1S/C15H22N2O3/c1-12(13-7-4-3-5-8-13)11-17-15(19)14(18)16-9-6-10-20-2/h3-5,7-8,12H,6,9-11H2,1-2H3,(H,16,18)(H,17,19)/t12-/m1/s1. The van der Waals surface area contributed by atoms with Crippen LogP contribution in [0.1, 0.15) is 24.8 Å². The van der Waals surface area contributed by atoms with Gasteiger partial charge in [-0.05, 0) is 17.9 Å². The third kappa shape index (κ3) is 5.84. The first-order valence-electron chi connectivity index (χ1n) is 6.75. The molecule has 0 aromatic heterocycles. The van der Waals surface area contributed by atoms with E-state index in [0.717, 1.165) is 5.56 Å². The van der Waals surface area contributed by atoms with Crippen LogP contribution >= 0.6 is 0 Å². The minimum Gasteiger partial charge on any atom is -0.385 e. The lowest BCUT2D eigenvalue weighted by atomic mass is 10.0. The van der Waals surface area contributed by atoms with E-state index in [1.807, 2.05) is 37.3 Å². The average molecular weight is 278 g/mol. The lowest BCUT2D eigenvalue weighted by Gasteiger charge is -2.12. The van der Waals surface area contributed by atoms with Crippen LogP contribution in [-0.4, -0.2) is 38.6 Å². The monoisotopic (exact) mass is 278 g/mol. The summed E-state index contributed by atoms with van der Waals surface area (Å²) >= 11 is 0. The molecule has 2 N–H and O–H groups in total. The summed E-state index contributed by atoms with van der Waals surface area (Å²) < 4.78 is 4.86. The Hall–Kier alpha value is -1.88. The highest BCUT2D eigenvalue weighted by Crippen LogP contribution is 2.12. The van der Waals surface area contributed by atoms with Gasteiger partial charge < -0.3 is 15.4 Å². The molecular formula is C15H22N2O3. The van der Waals surface area contributed by atoms with Crippen LogP contribution in [0.15, 0.2) is 30.3 Å². The van der Waals surface area contributed by atoms with E-state index in [0.29, 0.717) is 26.1 Å². The molecule has 0 spiro atoms. The number of carbonyl (C=O) groups is 2. The molecular weight excluding hydrogens is 256 g/mol. The van der Waals surface area contributed by atoms with E-state index in [1.54, 1.807) is 7.11 Å². The van der Waals surface area contributed by atoms with Gasteiger partial charge in [0.1, 0.15) is 0 Å². The van der Waals surface area contributed by atoms with Crippen molar-refractivity contribution in [2.24, 2.45) is 0 Å². The van der Waals surface area contributed by atoms with Crippen molar-refractivity contribution in [2.75, 3.05) is 26.8 Å². The van der Waals surface area contributed by atoms with E-state index in [9.17, 15) is 9.59 Å². The Bertz CT molecular complexity index is 420. The Morgan fingerprint density at radius 3 is 2.45 bits per heavy atom. The van der Waals surface area contributed by atoms with Gasteiger partial charge in [-0.25, -0.2) is 0 Å². The predicted octanol–water partition coefficient (Wildman–Crippen LogP) is 1.06. The zero-order valence-electron chi connectivity index (χ0n) is 12.0. The normalized spacial score (nSPS) is 11.7. The zero-order chi connectivity index (χ0) is 14.8. The third-order valence-corrected chi connectivity index (χ3v) is 2.95. The SMILES string of the molecule is COCCCNC(=O)C(=O)NC[C@@H](C)c1ccccc1. The van der Waals surface area contributed by atoms with Gasteiger partial charge in [0.2, 0.25) is 0 Å². The molecule has 0 bridgehead atoms. The Morgan fingerprint density at radius 1 is 1.15 bits per heavy atom. The molecule has 0 aliphatic heterocycles. The van der Waals surface area contributed by atoms with Crippen LogP contribution < -0.4 is 10.6 Å².